The normalized spacial score (nSPS) is 12.6. The minimum absolute atomic E-state index is 0.647. The predicted octanol–water partition coefficient (Wildman–Crippen LogP) is 4.35. The van der Waals surface area contributed by atoms with Crippen molar-refractivity contribution in [3.8, 4) is 0 Å². The lowest BCUT2D eigenvalue weighted by molar-refractivity contribution is 0.467. The Morgan fingerprint density at radius 2 is 1.61 bits per heavy atom. The molecule has 1 atom stereocenters. The van der Waals surface area contributed by atoms with Crippen LogP contribution in [0.15, 0.2) is 24.3 Å². The third kappa shape index (κ3) is 5.68. The Labute approximate surface area is 113 Å². The molecule has 0 aliphatic heterocycles. The highest BCUT2D eigenvalue weighted by Gasteiger charge is 2.07. The third-order valence-electron chi connectivity index (χ3n) is 3.56. The molecule has 0 saturated carbocycles. The minimum atomic E-state index is 0.647. The van der Waals surface area contributed by atoms with Crippen LogP contribution in [0.25, 0.3) is 0 Å². The Hall–Kier alpha value is -0.820. The quantitative estimate of drug-likeness (QED) is 0.640. The minimum Gasteiger partial charge on any atom is -0.314 e. The van der Waals surface area contributed by atoms with Crippen LogP contribution < -0.4 is 5.32 Å². The summed E-state index contributed by atoms with van der Waals surface area (Å²) in [7, 11) is 0. The summed E-state index contributed by atoms with van der Waals surface area (Å²) >= 11 is 0. The van der Waals surface area contributed by atoms with Crippen LogP contribution in [0.2, 0.25) is 0 Å². The van der Waals surface area contributed by atoms with Crippen molar-refractivity contribution in [3.63, 3.8) is 0 Å². The number of rotatable bonds is 9. The van der Waals surface area contributed by atoms with E-state index < -0.39 is 0 Å². The second-order valence-electron chi connectivity index (χ2n) is 5.12. The van der Waals surface area contributed by atoms with Crippen molar-refractivity contribution in [1.29, 1.82) is 0 Å². The second-order valence-corrected chi connectivity index (χ2v) is 5.12. The lowest BCUT2D eigenvalue weighted by Crippen LogP contribution is -2.30. The van der Waals surface area contributed by atoms with Crippen LogP contribution in [0.5, 0.6) is 0 Å². The fourth-order valence-electron chi connectivity index (χ4n) is 2.40. The lowest BCUT2D eigenvalue weighted by Gasteiger charge is -2.18. The molecule has 1 nitrogen and oxygen atoms in total. The van der Waals surface area contributed by atoms with Crippen LogP contribution in [0, 0.1) is 0 Å². The molecule has 0 aliphatic rings. The number of hydrogen-bond acceptors (Lipinski definition) is 1. The highest BCUT2D eigenvalue weighted by molar-refractivity contribution is 5.23. The summed E-state index contributed by atoms with van der Waals surface area (Å²) in [6, 6.07) is 9.77. The largest absolute Gasteiger partial charge is 0.314 e. The molecule has 1 unspecified atom stereocenters. The van der Waals surface area contributed by atoms with Gasteiger partial charge >= 0.3 is 0 Å². The molecule has 0 spiro atoms. The first kappa shape index (κ1) is 15.2. The molecule has 0 aliphatic carbocycles. The van der Waals surface area contributed by atoms with Crippen LogP contribution in [-0.4, -0.2) is 12.6 Å². The van der Waals surface area contributed by atoms with Crippen molar-refractivity contribution < 1.29 is 0 Å². The average molecular weight is 247 g/mol. The fraction of sp³-hybridized carbons (Fsp3) is 0.647. The zero-order valence-electron chi connectivity index (χ0n) is 12.3. The topological polar surface area (TPSA) is 12.0 Å². The smallest absolute Gasteiger partial charge is 0.0107 e. The molecule has 1 aromatic carbocycles. The van der Waals surface area contributed by atoms with Crippen LogP contribution >= 0.6 is 0 Å². The summed E-state index contributed by atoms with van der Waals surface area (Å²) in [5.74, 6) is 0. The summed E-state index contributed by atoms with van der Waals surface area (Å²) in [6.45, 7) is 7.75. The molecular weight excluding hydrogens is 218 g/mol. The number of unbranched alkanes of at least 4 members (excludes halogenated alkanes) is 2. The van der Waals surface area contributed by atoms with E-state index in [2.05, 4.69) is 50.4 Å². The van der Waals surface area contributed by atoms with Gasteiger partial charge in [0, 0.05) is 6.04 Å². The van der Waals surface area contributed by atoms with Crippen LogP contribution in [0.1, 0.15) is 57.6 Å². The van der Waals surface area contributed by atoms with Gasteiger partial charge in [-0.25, -0.2) is 0 Å². The third-order valence-corrected chi connectivity index (χ3v) is 3.56. The van der Waals surface area contributed by atoms with Crippen molar-refractivity contribution in [2.45, 2.75) is 65.3 Å². The first-order valence-electron chi connectivity index (χ1n) is 7.61. The van der Waals surface area contributed by atoms with Crippen LogP contribution in [0.4, 0.5) is 0 Å². The van der Waals surface area contributed by atoms with Crippen molar-refractivity contribution >= 4 is 0 Å². The highest BCUT2D eigenvalue weighted by Crippen LogP contribution is 2.11. The Balaban J connectivity index is 2.47. The lowest BCUT2D eigenvalue weighted by atomic mass is 9.99. The van der Waals surface area contributed by atoms with Gasteiger partial charge in [-0.3, -0.25) is 0 Å². The van der Waals surface area contributed by atoms with E-state index in [1.165, 1.54) is 43.2 Å². The molecule has 0 bridgehead atoms. The van der Waals surface area contributed by atoms with Gasteiger partial charge in [0.25, 0.3) is 0 Å². The van der Waals surface area contributed by atoms with E-state index in [4.69, 9.17) is 0 Å². The van der Waals surface area contributed by atoms with E-state index in [0.29, 0.717) is 6.04 Å². The molecule has 0 heterocycles. The van der Waals surface area contributed by atoms with E-state index in [1.807, 2.05) is 0 Å². The molecule has 102 valence electrons. The Morgan fingerprint density at radius 1 is 0.944 bits per heavy atom. The van der Waals surface area contributed by atoms with Crippen molar-refractivity contribution in [1.82, 2.24) is 5.32 Å². The molecule has 0 aromatic heterocycles. The van der Waals surface area contributed by atoms with Crippen molar-refractivity contribution in [2.24, 2.45) is 0 Å². The average Bonchev–Trinajstić information content (AvgIpc) is 2.40. The van der Waals surface area contributed by atoms with E-state index in [0.717, 1.165) is 13.0 Å². The molecule has 0 amide bonds. The van der Waals surface area contributed by atoms with Gasteiger partial charge in [-0.15, -0.1) is 0 Å². The standard InChI is InChI=1S/C17H29N/c1-4-7-8-9-17(18-6-3)14-16-12-10-15(5-2)11-13-16/h10-13,17-18H,4-9,14H2,1-3H3. The summed E-state index contributed by atoms with van der Waals surface area (Å²) in [5.41, 5.74) is 2.90. The number of benzene rings is 1. The maximum atomic E-state index is 3.62. The zero-order valence-corrected chi connectivity index (χ0v) is 12.3. The summed E-state index contributed by atoms with van der Waals surface area (Å²) in [6.07, 6.45) is 7.62. The molecule has 0 fully saturated rings. The number of hydrogen-bond donors (Lipinski definition) is 1. The van der Waals surface area contributed by atoms with Gasteiger partial charge in [0.15, 0.2) is 0 Å². The first-order valence-corrected chi connectivity index (χ1v) is 7.61. The molecular formula is C17H29N. The Morgan fingerprint density at radius 3 is 2.17 bits per heavy atom. The van der Waals surface area contributed by atoms with E-state index in [9.17, 15) is 0 Å². The van der Waals surface area contributed by atoms with Gasteiger partial charge in [0.05, 0.1) is 0 Å². The van der Waals surface area contributed by atoms with Crippen LogP contribution in [0.3, 0.4) is 0 Å². The molecule has 1 rings (SSSR count). The second kappa shape index (κ2) is 9.16. The van der Waals surface area contributed by atoms with Crippen molar-refractivity contribution in [3.05, 3.63) is 35.4 Å². The van der Waals surface area contributed by atoms with Gasteiger partial charge in [0.2, 0.25) is 0 Å². The van der Waals surface area contributed by atoms with E-state index in [1.54, 1.807) is 0 Å². The van der Waals surface area contributed by atoms with Gasteiger partial charge in [0.1, 0.15) is 0 Å². The van der Waals surface area contributed by atoms with E-state index in [-0.39, 0.29) is 0 Å². The fourth-order valence-corrected chi connectivity index (χ4v) is 2.40. The SMILES string of the molecule is CCCCCC(Cc1ccc(CC)cc1)NCC. The Kier molecular flexibility index (Phi) is 7.75. The molecule has 18 heavy (non-hydrogen) atoms. The van der Waals surface area contributed by atoms with Gasteiger partial charge in [-0.2, -0.15) is 0 Å². The monoisotopic (exact) mass is 247 g/mol. The predicted molar refractivity (Wildman–Crippen MR) is 81.1 cm³/mol. The summed E-state index contributed by atoms with van der Waals surface area (Å²) < 4.78 is 0. The van der Waals surface area contributed by atoms with Crippen LogP contribution in [-0.2, 0) is 12.8 Å². The van der Waals surface area contributed by atoms with Gasteiger partial charge in [-0.05, 0) is 36.9 Å². The molecule has 1 N–H and O–H groups in total. The van der Waals surface area contributed by atoms with Gasteiger partial charge < -0.3 is 5.32 Å². The molecule has 1 heteroatoms. The number of nitrogens with one attached hydrogen (secondary N) is 1. The Bertz CT molecular complexity index is 302. The van der Waals surface area contributed by atoms with Crippen molar-refractivity contribution in [2.75, 3.05) is 6.54 Å². The van der Waals surface area contributed by atoms with E-state index >= 15 is 0 Å². The van der Waals surface area contributed by atoms with Gasteiger partial charge in [-0.1, -0.05) is 64.3 Å². The molecule has 0 radical (unpaired) electrons. The first-order chi connectivity index (χ1) is 8.80. The zero-order chi connectivity index (χ0) is 13.2. The molecule has 0 saturated heterocycles. The maximum absolute atomic E-state index is 3.62. The maximum Gasteiger partial charge on any atom is 0.0107 e. The summed E-state index contributed by atoms with van der Waals surface area (Å²) in [5, 5.41) is 3.62. The highest BCUT2D eigenvalue weighted by atomic mass is 14.9. The number of likely N-dealkylation sites (N-methyl/N-ethyl adjacent to an activating group) is 1. The summed E-state index contributed by atoms with van der Waals surface area (Å²) in [4.78, 5) is 0. The molecule has 1 aromatic rings. The number of aryl methyl sites for hydroxylation is 1.